The first-order chi connectivity index (χ1) is 13.7. The predicted octanol–water partition coefficient (Wildman–Crippen LogP) is 4.66. The number of benzene rings is 1. The molecule has 6 nitrogen and oxygen atoms in total. The minimum absolute atomic E-state index is 0.00313. The number of nitrogens with one attached hydrogen (secondary N) is 2. The largest absolute Gasteiger partial charge is 0.416 e. The van der Waals surface area contributed by atoms with E-state index in [0.29, 0.717) is 24.1 Å². The molecular weight excluding hydrogens is 383 g/mol. The average molecular weight is 403 g/mol. The minimum Gasteiger partial charge on any atom is -0.327 e. The molecule has 3 rings (SSSR count). The molecule has 1 fully saturated rings. The van der Waals surface area contributed by atoms with Crippen molar-refractivity contribution >= 4 is 11.7 Å². The van der Waals surface area contributed by atoms with Gasteiger partial charge in [0.15, 0.2) is 0 Å². The van der Waals surface area contributed by atoms with E-state index < -0.39 is 23.3 Å². The van der Waals surface area contributed by atoms with E-state index in [1.54, 1.807) is 13.0 Å². The number of anilines is 1. The first kappa shape index (κ1) is 20.6. The highest BCUT2D eigenvalue weighted by molar-refractivity contribution is 5.90. The molecule has 9 heteroatoms. The van der Waals surface area contributed by atoms with Crippen LogP contribution >= 0.6 is 0 Å². The van der Waals surface area contributed by atoms with Gasteiger partial charge in [0.2, 0.25) is 5.82 Å². The number of aromatic nitrogens is 2. The van der Waals surface area contributed by atoms with Gasteiger partial charge in [-0.1, -0.05) is 25.3 Å². The van der Waals surface area contributed by atoms with E-state index >= 15 is 0 Å². The van der Waals surface area contributed by atoms with Crippen LogP contribution in [0.15, 0.2) is 30.5 Å². The van der Waals surface area contributed by atoms with Crippen molar-refractivity contribution in [3.05, 3.63) is 53.1 Å². The van der Waals surface area contributed by atoms with Gasteiger partial charge in [0.05, 0.1) is 16.8 Å². The molecule has 1 aromatic heterocycles. The average Bonchev–Trinajstić information content (AvgIpc) is 2.69. The summed E-state index contributed by atoms with van der Waals surface area (Å²) in [5, 5.41) is 14.5. The van der Waals surface area contributed by atoms with Gasteiger partial charge < -0.3 is 10.6 Å². The highest BCUT2D eigenvalue weighted by atomic mass is 19.4. The van der Waals surface area contributed by atoms with Crippen molar-refractivity contribution in [2.75, 3.05) is 5.32 Å². The summed E-state index contributed by atoms with van der Waals surface area (Å²) in [5.74, 6) is 0.00313. The molecule has 1 aliphatic rings. The number of hydrogen-bond donors (Lipinski definition) is 2. The smallest absolute Gasteiger partial charge is 0.327 e. The van der Waals surface area contributed by atoms with Crippen LogP contribution in [-0.4, -0.2) is 16.0 Å². The van der Waals surface area contributed by atoms with Crippen molar-refractivity contribution in [1.29, 1.82) is 5.26 Å². The number of carbonyl (C=O) groups excluding carboxylic acids is 1. The first-order valence-electron chi connectivity index (χ1n) is 9.24. The van der Waals surface area contributed by atoms with Crippen molar-refractivity contribution in [3.8, 4) is 6.07 Å². The molecule has 0 bridgehead atoms. The van der Waals surface area contributed by atoms with E-state index in [4.69, 9.17) is 5.26 Å². The zero-order valence-electron chi connectivity index (χ0n) is 15.8. The number of amides is 2. The molecule has 0 aliphatic heterocycles. The maximum absolute atomic E-state index is 13.0. The van der Waals surface area contributed by atoms with E-state index in [0.717, 1.165) is 31.4 Å². The van der Waals surface area contributed by atoms with E-state index in [1.807, 2.05) is 6.07 Å². The molecule has 2 N–H and O–H groups in total. The summed E-state index contributed by atoms with van der Waals surface area (Å²) in [4.78, 5) is 20.8. The molecule has 152 valence electrons. The Kier molecular flexibility index (Phi) is 5.73. The summed E-state index contributed by atoms with van der Waals surface area (Å²) in [6.07, 6.45) is 0.916. The SMILES string of the molecule is Cc1ccc(C(F)(F)F)cc1NC(=O)NC1(c2ccnc(C#N)n2)CCCCC1. The van der Waals surface area contributed by atoms with Gasteiger partial charge in [-0.3, -0.25) is 0 Å². The van der Waals surface area contributed by atoms with Gasteiger partial charge in [-0.15, -0.1) is 0 Å². The van der Waals surface area contributed by atoms with Crippen molar-refractivity contribution in [1.82, 2.24) is 15.3 Å². The predicted molar refractivity (Wildman–Crippen MR) is 99.8 cm³/mol. The lowest BCUT2D eigenvalue weighted by Crippen LogP contribution is -2.49. The molecule has 0 spiro atoms. The van der Waals surface area contributed by atoms with Crippen LogP contribution in [-0.2, 0) is 11.7 Å². The van der Waals surface area contributed by atoms with Gasteiger partial charge in [-0.2, -0.15) is 18.4 Å². The van der Waals surface area contributed by atoms with Crippen molar-refractivity contribution in [3.63, 3.8) is 0 Å². The van der Waals surface area contributed by atoms with Gasteiger partial charge in [0, 0.05) is 11.9 Å². The molecule has 1 saturated carbocycles. The van der Waals surface area contributed by atoms with Crippen LogP contribution in [0.2, 0.25) is 0 Å². The second-order valence-electron chi connectivity index (χ2n) is 7.13. The van der Waals surface area contributed by atoms with Crippen LogP contribution in [0.4, 0.5) is 23.7 Å². The Morgan fingerprint density at radius 1 is 1.21 bits per heavy atom. The molecule has 2 amide bonds. The highest BCUT2D eigenvalue weighted by Gasteiger charge is 2.37. The molecule has 1 aromatic carbocycles. The number of hydrogen-bond acceptors (Lipinski definition) is 4. The Balaban J connectivity index is 1.86. The quantitative estimate of drug-likeness (QED) is 0.780. The Bertz CT molecular complexity index is 946. The van der Waals surface area contributed by atoms with Crippen LogP contribution in [0.25, 0.3) is 0 Å². The lowest BCUT2D eigenvalue weighted by Gasteiger charge is -2.37. The monoisotopic (exact) mass is 403 g/mol. The summed E-state index contributed by atoms with van der Waals surface area (Å²) < 4.78 is 39.0. The Morgan fingerprint density at radius 3 is 2.59 bits per heavy atom. The number of carbonyl (C=O) groups is 1. The molecule has 0 unspecified atom stereocenters. The number of rotatable bonds is 3. The number of nitrogens with zero attached hydrogens (tertiary/aromatic N) is 3. The Labute approximate surface area is 166 Å². The standard InChI is InChI=1S/C20H20F3N5O/c1-13-5-6-14(20(21,22)23)11-15(13)26-18(29)28-19(8-3-2-4-9-19)16-7-10-25-17(12-24)27-16/h5-7,10-11H,2-4,8-9H2,1H3,(H2,26,28,29). The summed E-state index contributed by atoms with van der Waals surface area (Å²) in [6, 6.07) is 6.14. The van der Waals surface area contributed by atoms with Crippen LogP contribution in [0, 0.1) is 18.3 Å². The number of alkyl halides is 3. The molecule has 29 heavy (non-hydrogen) atoms. The van der Waals surface area contributed by atoms with Gasteiger partial charge in [0.1, 0.15) is 6.07 Å². The fourth-order valence-corrected chi connectivity index (χ4v) is 3.58. The molecule has 0 radical (unpaired) electrons. The Hall–Kier alpha value is -3.15. The van der Waals surface area contributed by atoms with Gasteiger partial charge >= 0.3 is 12.2 Å². The van der Waals surface area contributed by atoms with Gasteiger partial charge in [-0.25, -0.2) is 14.8 Å². The second kappa shape index (κ2) is 8.07. The summed E-state index contributed by atoms with van der Waals surface area (Å²) in [7, 11) is 0. The molecule has 1 aliphatic carbocycles. The Morgan fingerprint density at radius 2 is 1.93 bits per heavy atom. The van der Waals surface area contributed by atoms with Crippen LogP contribution in [0.5, 0.6) is 0 Å². The van der Waals surface area contributed by atoms with Crippen LogP contribution in [0.1, 0.15) is 54.7 Å². The number of nitriles is 1. The van der Waals surface area contributed by atoms with E-state index in [-0.39, 0.29) is 11.5 Å². The lowest BCUT2D eigenvalue weighted by atomic mass is 9.79. The third kappa shape index (κ3) is 4.65. The molecule has 0 atom stereocenters. The van der Waals surface area contributed by atoms with Crippen molar-refractivity contribution in [2.45, 2.75) is 50.7 Å². The zero-order valence-corrected chi connectivity index (χ0v) is 15.8. The minimum atomic E-state index is -4.50. The topological polar surface area (TPSA) is 90.7 Å². The molecular formula is C20H20F3N5O. The fourth-order valence-electron chi connectivity index (χ4n) is 3.58. The normalized spacial score (nSPS) is 16.0. The van der Waals surface area contributed by atoms with Gasteiger partial charge in [0.25, 0.3) is 0 Å². The van der Waals surface area contributed by atoms with Crippen molar-refractivity contribution < 1.29 is 18.0 Å². The molecule has 0 saturated heterocycles. The molecule has 2 aromatic rings. The zero-order chi connectivity index (χ0) is 21.1. The van der Waals surface area contributed by atoms with E-state index in [9.17, 15) is 18.0 Å². The third-order valence-electron chi connectivity index (χ3n) is 5.12. The maximum Gasteiger partial charge on any atom is 0.416 e. The lowest BCUT2D eigenvalue weighted by molar-refractivity contribution is -0.137. The number of aryl methyl sites for hydroxylation is 1. The first-order valence-corrected chi connectivity index (χ1v) is 9.24. The fraction of sp³-hybridized carbons (Fsp3) is 0.400. The van der Waals surface area contributed by atoms with Crippen LogP contribution < -0.4 is 10.6 Å². The second-order valence-corrected chi connectivity index (χ2v) is 7.13. The van der Waals surface area contributed by atoms with Crippen molar-refractivity contribution in [2.24, 2.45) is 0 Å². The van der Waals surface area contributed by atoms with E-state index in [1.165, 1.54) is 12.3 Å². The summed E-state index contributed by atoms with van der Waals surface area (Å²) in [5.41, 5.74) is -0.505. The van der Waals surface area contributed by atoms with Gasteiger partial charge in [-0.05, 0) is 43.5 Å². The van der Waals surface area contributed by atoms with Crippen LogP contribution in [0.3, 0.4) is 0 Å². The highest BCUT2D eigenvalue weighted by Crippen LogP contribution is 2.36. The number of halogens is 3. The summed E-state index contributed by atoms with van der Waals surface area (Å²) >= 11 is 0. The summed E-state index contributed by atoms with van der Waals surface area (Å²) in [6.45, 7) is 1.62. The number of urea groups is 1. The third-order valence-corrected chi connectivity index (χ3v) is 5.12. The maximum atomic E-state index is 13.0. The molecule has 1 heterocycles. The van der Waals surface area contributed by atoms with E-state index in [2.05, 4.69) is 20.6 Å².